The molecule has 86 valence electrons. The number of nitrogens with one attached hydrogen (secondary N) is 1. The first-order chi connectivity index (χ1) is 8.25. The highest BCUT2D eigenvalue weighted by molar-refractivity contribution is 6.31. The molecule has 0 saturated carbocycles. The van der Waals surface area contributed by atoms with Gasteiger partial charge in [0.15, 0.2) is 0 Å². The van der Waals surface area contributed by atoms with E-state index >= 15 is 0 Å². The van der Waals surface area contributed by atoms with E-state index in [-0.39, 0.29) is 0 Å². The third-order valence-electron chi connectivity index (χ3n) is 2.25. The molecule has 0 bridgehead atoms. The zero-order valence-electron chi connectivity index (χ0n) is 9.39. The van der Waals surface area contributed by atoms with Crippen molar-refractivity contribution in [3.8, 4) is 0 Å². The third kappa shape index (κ3) is 3.29. The second-order valence-corrected chi connectivity index (χ2v) is 4.00. The van der Waals surface area contributed by atoms with Crippen LogP contribution in [0.2, 0.25) is 5.02 Å². The minimum Gasteiger partial charge on any atom is -0.278 e. The highest BCUT2D eigenvalue weighted by Gasteiger charge is 1.95. The second kappa shape index (κ2) is 5.46. The Morgan fingerprint density at radius 3 is 2.88 bits per heavy atom. The van der Waals surface area contributed by atoms with Crippen molar-refractivity contribution in [2.45, 2.75) is 6.92 Å². The molecular weight excluding hydrogens is 234 g/mol. The Balaban J connectivity index is 2.03. The van der Waals surface area contributed by atoms with Crippen molar-refractivity contribution in [3.05, 3.63) is 58.9 Å². The first kappa shape index (κ1) is 11.6. The van der Waals surface area contributed by atoms with Crippen molar-refractivity contribution in [1.82, 2.24) is 4.98 Å². The van der Waals surface area contributed by atoms with Crippen LogP contribution in [0.25, 0.3) is 0 Å². The molecule has 0 atom stereocenters. The largest absolute Gasteiger partial charge is 0.278 e. The van der Waals surface area contributed by atoms with Crippen molar-refractivity contribution >= 4 is 23.5 Å². The Hall–Kier alpha value is -1.87. The summed E-state index contributed by atoms with van der Waals surface area (Å²) >= 11 is 6.01. The number of benzene rings is 1. The normalized spacial score (nSPS) is 10.7. The van der Waals surface area contributed by atoms with E-state index < -0.39 is 0 Å². The summed E-state index contributed by atoms with van der Waals surface area (Å²) in [5, 5.41) is 4.81. The van der Waals surface area contributed by atoms with E-state index in [1.165, 1.54) is 0 Å². The maximum Gasteiger partial charge on any atom is 0.0830 e. The van der Waals surface area contributed by atoms with Crippen molar-refractivity contribution in [1.29, 1.82) is 0 Å². The number of hydrogen-bond acceptors (Lipinski definition) is 3. The first-order valence-corrected chi connectivity index (χ1v) is 5.60. The van der Waals surface area contributed by atoms with Gasteiger partial charge in [-0.3, -0.25) is 10.4 Å². The molecule has 3 nitrogen and oxygen atoms in total. The molecule has 0 spiro atoms. The first-order valence-electron chi connectivity index (χ1n) is 5.22. The summed E-state index contributed by atoms with van der Waals surface area (Å²) in [4.78, 5) is 4.13. The molecule has 0 unspecified atom stereocenters. The summed E-state index contributed by atoms with van der Waals surface area (Å²) in [5.74, 6) is 0. The Bertz CT molecular complexity index is 523. The van der Waals surface area contributed by atoms with Crippen LogP contribution in [0, 0.1) is 6.92 Å². The number of aryl methyl sites for hydroxylation is 1. The van der Waals surface area contributed by atoms with Crippen LogP contribution >= 0.6 is 11.6 Å². The lowest BCUT2D eigenvalue weighted by atomic mass is 10.2. The van der Waals surface area contributed by atoms with Gasteiger partial charge >= 0.3 is 0 Å². The van der Waals surface area contributed by atoms with Crippen LogP contribution in [-0.2, 0) is 0 Å². The number of aromatic nitrogens is 1. The Morgan fingerprint density at radius 2 is 2.18 bits per heavy atom. The lowest BCUT2D eigenvalue weighted by Gasteiger charge is -2.02. The van der Waals surface area contributed by atoms with Gasteiger partial charge in [0.25, 0.3) is 0 Å². The Labute approximate surface area is 105 Å². The molecular formula is C13H12ClN3. The van der Waals surface area contributed by atoms with Crippen molar-refractivity contribution in [2.24, 2.45) is 5.10 Å². The lowest BCUT2D eigenvalue weighted by molar-refractivity contribution is 1.28. The minimum absolute atomic E-state index is 0.725. The lowest BCUT2D eigenvalue weighted by Crippen LogP contribution is -1.92. The van der Waals surface area contributed by atoms with E-state index in [2.05, 4.69) is 15.5 Å². The summed E-state index contributed by atoms with van der Waals surface area (Å²) in [5.41, 5.74) is 5.61. The van der Waals surface area contributed by atoms with Gasteiger partial charge in [0.05, 0.1) is 17.6 Å². The van der Waals surface area contributed by atoms with Gasteiger partial charge in [-0.2, -0.15) is 5.10 Å². The van der Waals surface area contributed by atoms with Crippen molar-refractivity contribution in [3.63, 3.8) is 0 Å². The number of hydrogen-bond donors (Lipinski definition) is 1. The van der Waals surface area contributed by atoms with Gasteiger partial charge in [-0.15, -0.1) is 0 Å². The maximum absolute atomic E-state index is 6.01. The smallest absolute Gasteiger partial charge is 0.0830 e. The van der Waals surface area contributed by atoms with Crippen LogP contribution < -0.4 is 5.43 Å². The SMILES string of the molecule is Cc1ccc(N/N=C/c2ccccn2)cc1Cl. The molecule has 2 rings (SSSR count). The molecule has 1 N–H and O–H groups in total. The molecule has 1 aromatic carbocycles. The molecule has 0 radical (unpaired) electrons. The minimum atomic E-state index is 0.725. The van der Waals surface area contributed by atoms with Crippen LogP contribution in [0.3, 0.4) is 0 Å². The average molecular weight is 246 g/mol. The van der Waals surface area contributed by atoms with E-state index in [4.69, 9.17) is 11.6 Å². The van der Waals surface area contributed by atoms with E-state index in [0.717, 1.165) is 22.0 Å². The molecule has 2 aromatic rings. The van der Waals surface area contributed by atoms with Crippen molar-refractivity contribution in [2.75, 3.05) is 5.43 Å². The fourth-order valence-electron chi connectivity index (χ4n) is 1.29. The van der Waals surface area contributed by atoms with Gasteiger partial charge in [0.1, 0.15) is 0 Å². The summed E-state index contributed by atoms with van der Waals surface area (Å²) in [7, 11) is 0. The molecule has 1 heterocycles. The fourth-order valence-corrected chi connectivity index (χ4v) is 1.47. The molecule has 4 heteroatoms. The van der Waals surface area contributed by atoms with Gasteiger partial charge in [-0.1, -0.05) is 23.7 Å². The Morgan fingerprint density at radius 1 is 1.29 bits per heavy atom. The molecule has 1 aromatic heterocycles. The van der Waals surface area contributed by atoms with E-state index in [1.54, 1.807) is 12.4 Å². The predicted octanol–water partition coefficient (Wildman–Crippen LogP) is 3.49. The van der Waals surface area contributed by atoms with Gasteiger partial charge in [-0.05, 0) is 36.8 Å². The quantitative estimate of drug-likeness (QED) is 0.664. The van der Waals surface area contributed by atoms with Crippen LogP contribution in [0.4, 0.5) is 5.69 Å². The summed E-state index contributed by atoms with van der Waals surface area (Å²) in [6.07, 6.45) is 3.39. The molecule has 17 heavy (non-hydrogen) atoms. The van der Waals surface area contributed by atoms with Crippen LogP contribution in [-0.4, -0.2) is 11.2 Å². The van der Waals surface area contributed by atoms with E-state index in [9.17, 15) is 0 Å². The molecule has 0 aliphatic carbocycles. The highest BCUT2D eigenvalue weighted by Crippen LogP contribution is 2.19. The maximum atomic E-state index is 6.01. The number of halogens is 1. The monoisotopic (exact) mass is 245 g/mol. The number of hydrazone groups is 1. The molecule has 0 aliphatic rings. The zero-order valence-corrected chi connectivity index (χ0v) is 10.1. The fraction of sp³-hybridized carbons (Fsp3) is 0.0769. The predicted molar refractivity (Wildman–Crippen MR) is 71.6 cm³/mol. The van der Waals surface area contributed by atoms with Crippen molar-refractivity contribution < 1.29 is 0 Å². The van der Waals surface area contributed by atoms with Gasteiger partial charge in [0, 0.05) is 11.2 Å². The zero-order chi connectivity index (χ0) is 12.1. The summed E-state index contributed by atoms with van der Waals surface area (Å²) in [6, 6.07) is 11.4. The van der Waals surface area contributed by atoms with Gasteiger partial charge in [0.2, 0.25) is 0 Å². The van der Waals surface area contributed by atoms with Crippen LogP contribution in [0.5, 0.6) is 0 Å². The molecule has 0 amide bonds. The van der Waals surface area contributed by atoms with Crippen LogP contribution in [0.15, 0.2) is 47.7 Å². The highest BCUT2D eigenvalue weighted by atomic mass is 35.5. The topological polar surface area (TPSA) is 37.3 Å². The number of nitrogens with zero attached hydrogens (tertiary/aromatic N) is 2. The van der Waals surface area contributed by atoms with E-state index in [0.29, 0.717) is 0 Å². The van der Waals surface area contributed by atoms with Gasteiger partial charge in [-0.25, -0.2) is 0 Å². The summed E-state index contributed by atoms with van der Waals surface area (Å²) in [6.45, 7) is 1.96. The van der Waals surface area contributed by atoms with E-state index in [1.807, 2.05) is 43.3 Å². The molecule has 0 saturated heterocycles. The van der Waals surface area contributed by atoms with Crippen LogP contribution in [0.1, 0.15) is 11.3 Å². The molecule has 0 aliphatic heterocycles. The Kier molecular flexibility index (Phi) is 3.73. The number of rotatable bonds is 3. The second-order valence-electron chi connectivity index (χ2n) is 3.59. The standard InChI is InChI=1S/C13H12ClN3/c1-10-5-6-11(8-13(10)14)17-16-9-12-4-2-3-7-15-12/h2-9,17H,1H3/b16-9+. The summed E-state index contributed by atoms with van der Waals surface area (Å²) < 4.78 is 0. The average Bonchev–Trinajstić information content (AvgIpc) is 2.35. The molecule has 0 fully saturated rings. The number of anilines is 1. The third-order valence-corrected chi connectivity index (χ3v) is 2.66. The number of pyridine rings is 1. The van der Waals surface area contributed by atoms with Gasteiger partial charge < -0.3 is 0 Å².